The van der Waals surface area contributed by atoms with Gasteiger partial charge in [0.05, 0.1) is 17.0 Å². The number of ether oxygens (including phenoxy) is 1. The number of esters is 1. The average Bonchev–Trinajstić information content (AvgIpc) is 2.86. The Kier molecular flexibility index (Phi) is 7.06. The summed E-state index contributed by atoms with van der Waals surface area (Å²) < 4.78 is 5.67. The van der Waals surface area contributed by atoms with E-state index in [1.807, 2.05) is 61.5 Å². The minimum absolute atomic E-state index is 0.0476. The van der Waals surface area contributed by atoms with Crippen LogP contribution in [0.5, 0.6) is 0 Å². The van der Waals surface area contributed by atoms with E-state index in [1.165, 1.54) is 17.0 Å². The van der Waals surface area contributed by atoms with E-state index < -0.39 is 16.8 Å². The molecule has 1 aliphatic rings. The van der Waals surface area contributed by atoms with Crippen molar-refractivity contribution < 1.29 is 19.2 Å². The Bertz CT molecular complexity index is 1280. The first-order valence-electron chi connectivity index (χ1n) is 11.4. The summed E-state index contributed by atoms with van der Waals surface area (Å²) in [6, 6.07) is 23.4. The van der Waals surface area contributed by atoms with Crippen LogP contribution in [0.4, 0.5) is 5.69 Å². The van der Waals surface area contributed by atoms with Crippen LogP contribution in [-0.4, -0.2) is 21.7 Å². The van der Waals surface area contributed by atoms with Gasteiger partial charge in [-0.15, -0.1) is 0 Å². The molecule has 1 atom stereocenters. The van der Waals surface area contributed by atoms with Crippen molar-refractivity contribution in [3.8, 4) is 0 Å². The molecule has 0 aliphatic carbocycles. The average molecular weight is 471 g/mol. The Morgan fingerprint density at radius 2 is 1.69 bits per heavy atom. The third-order valence-electron chi connectivity index (χ3n) is 6.20. The smallest absolute Gasteiger partial charge is 0.336 e. The fourth-order valence-electron chi connectivity index (χ4n) is 4.30. The van der Waals surface area contributed by atoms with Crippen molar-refractivity contribution in [3.63, 3.8) is 0 Å². The maximum Gasteiger partial charge on any atom is 0.336 e. The molecule has 7 heteroatoms. The highest BCUT2D eigenvalue weighted by Gasteiger charge is 2.37. The number of amides is 1. The van der Waals surface area contributed by atoms with Gasteiger partial charge < -0.3 is 9.64 Å². The molecule has 3 aromatic rings. The molecule has 0 aromatic heterocycles. The molecule has 178 valence electrons. The maximum absolute atomic E-state index is 13.4. The van der Waals surface area contributed by atoms with Crippen molar-refractivity contribution in [2.45, 2.75) is 39.3 Å². The van der Waals surface area contributed by atoms with E-state index in [9.17, 15) is 19.7 Å². The Hall–Kier alpha value is -4.26. The van der Waals surface area contributed by atoms with E-state index in [0.717, 1.165) is 16.7 Å². The molecule has 0 N–H and O–H groups in total. The first-order chi connectivity index (χ1) is 16.8. The molecule has 4 rings (SSSR count). The van der Waals surface area contributed by atoms with Crippen molar-refractivity contribution in [1.29, 1.82) is 0 Å². The quantitative estimate of drug-likeness (QED) is 0.261. The van der Waals surface area contributed by atoms with E-state index in [4.69, 9.17) is 4.74 Å². The van der Waals surface area contributed by atoms with Gasteiger partial charge in [-0.05, 0) is 30.5 Å². The predicted molar refractivity (Wildman–Crippen MR) is 131 cm³/mol. The van der Waals surface area contributed by atoms with Gasteiger partial charge in [0.15, 0.2) is 0 Å². The number of allylic oxidation sites excluding steroid dienone is 1. The van der Waals surface area contributed by atoms with Crippen LogP contribution in [0.2, 0.25) is 0 Å². The van der Waals surface area contributed by atoms with E-state index in [2.05, 4.69) is 0 Å². The molecule has 0 saturated carbocycles. The van der Waals surface area contributed by atoms with Gasteiger partial charge in [-0.2, -0.15) is 0 Å². The summed E-state index contributed by atoms with van der Waals surface area (Å²) in [7, 11) is 0. The summed E-state index contributed by atoms with van der Waals surface area (Å²) in [6.45, 7) is 3.96. The van der Waals surface area contributed by atoms with Crippen LogP contribution in [-0.2, 0) is 27.5 Å². The third kappa shape index (κ3) is 5.46. The molecule has 0 radical (unpaired) electrons. The minimum atomic E-state index is -0.478. The summed E-state index contributed by atoms with van der Waals surface area (Å²) in [4.78, 5) is 38.8. The Morgan fingerprint density at radius 3 is 2.37 bits per heavy atom. The molecule has 0 fully saturated rings. The van der Waals surface area contributed by atoms with Crippen molar-refractivity contribution in [1.82, 2.24) is 4.90 Å². The highest BCUT2D eigenvalue weighted by Crippen LogP contribution is 2.38. The second kappa shape index (κ2) is 10.3. The molecule has 0 bridgehead atoms. The normalized spacial score (nSPS) is 15.8. The zero-order chi connectivity index (χ0) is 24.9. The van der Waals surface area contributed by atoms with E-state index in [1.54, 1.807) is 19.1 Å². The van der Waals surface area contributed by atoms with Crippen LogP contribution < -0.4 is 0 Å². The molecule has 1 aliphatic heterocycles. The summed E-state index contributed by atoms with van der Waals surface area (Å²) in [5.41, 5.74) is 4.30. The minimum Gasteiger partial charge on any atom is -0.457 e. The van der Waals surface area contributed by atoms with Crippen molar-refractivity contribution >= 4 is 17.6 Å². The SMILES string of the molecule is CC1=C(C(=O)OCc2ccccc2)C(c2ccc(C)cc2)CC(=O)N1Cc1cccc([N+](=O)[O-])c1. The fourth-order valence-corrected chi connectivity index (χ4v) is 4.30. The first kappa shape index (κ1) is 23.9. The highest BCUT2D eigenvalue weighted by molar-refractivity contribution is 5.95. The number of hydrogen-bond acceptors (Lipinski definition) is 5. The van der Waals surface area contributed by atoms with E-state index in [-0.39, 0.29) is 31.2 Å². The predicted octanol–water partition coefficient (Wildman–Crippen LogP) is 5.44. The molecular formula is C28H26N2O5. The molecule has 35 heavy (non-hydrogen) atoms. The third-order valence-corrected chi connectivity index (χ3v) is 6.20. The maximum atomic E-state index is 13.4. The number of rotatable bonds is 7. The van der Waals surface area contributed by atoms with Gasteiger partial charge in [0.25, 0.3) is 5.69 Å². The molecular weight excluding hydrogens is 444 g/mol. The van der Waals surface area contributed by atoms with Gasteiger partial charge in [0.2, 0.25) is 5.91 Å². The zero-order valence-electron chi connectivity index (χ0n) is 19.6. The number of benzene rings is 3. The van der Waals surface area contributed by atoms with Gasteiger partial charge in [-0.3, -0.25) is 14.9 Å². The van der Waals surface area contributed by atoms with Crippen molar-refractivity contribution in [3.05, 3.63) is 123 Å². The molecule has 0 spiro atoms. The summed E-state index contributed by atoms with van der Waals surface area (Å²) >= 11 is 0. The monoisotopic (exact) mass is 470 g/mol. The molecule has 0 saturated heterocycles. The van der Waals surface area contributed by atoms with E-state index >= 15 is 0 Å². The number of aryl methyl sites for hydroxylation is 1. The van der Waals surface area contributed by atoms with Crippen LogP contribution in [0.25, 0.3) is 0 Å². The molecule has 7 nitrogen and oxygen atoms in total. The zero-order valence-corrected chi connectivity index (χ0v) is 19.6. The molecule has 3 aromatic carbocycles. The Balaban J connectivity index is 1.68. The largest absolute Gasteiger partial charge is 0.457 e. The standard InChI is InChI=1S/C28H26N2O5/c1-19-11-13-23(14-12-19)25-16-26(31)29(17-22-9-6-10-24(15-22)30(33)34)20(2)27(25)28(32)35-18-21-7-4-3-5-8-21/h3-15,25H,16-18H2,1-2H3. The lowest BCUT2D eigenvalue weighted by molar-refractivity contribution is -0.384. The second-order valence-electron chi connectivity index (χ2n) is 8.64. The molecule has 1 unspecified atom stereocenters. The van der Waals surface area contributed by atoms with Gasteiger partial charge in [-0.25, -0.2) is 4.79 Å². The van der Waals surface area contributed by atoms with Gasteiger partial charge >= 0.3 is 5.97 Å². The lowest BCUT2D eigenvalue weighted by Crippen LogP contribution is -2.38. The van der Waals surface area contributed by atoms with Crippen LogP contribution in [0, 0.1) is 17.0 Å². The Morgan fingerprint density at radius 1 is 1.00 bits per heavy atom. The number of nitrogens with zero attached hydrogens (tertiary/aromatic N) is 2. The fraction of sp³-hybridized carbons (Fsp3) is 0.214. The van der Waals surface area contributed by atoms with Crippen LogP contribution in [0.3, 0.4) is 0 Å². The van der Waals surface area contributed by atoms with Gasteiger partial charge in [0.1, 0.15) is 6.61 Å². The number of nitro benzene ring substituents is 1. The van der Waals surface area contributed by atoms with Crippen molar-refractivity contribution in [2.24, 2.45) is 0 Å². The number of non-ortho nitro benzene ring substituents is 1. The van der Waals surface area contributed by atoms with Crippen LogP contribution in [0.1, 0.15) is 41.5 Å². The summed E-state index contributed by atoms with van der Waals surface area (Å²) in [6.07, 6.45) is 0.102. The first-order valence-corrected chi connectivity index (χ1v) is 11.4. The molecule has 1 heterocycles. The lowest BCUT2D eigenvalue weighted by atomic mass is 9.83. The number of hydrogen-bond donors (Lipinski definition) is 0. The number of nitro groups is 1. The lowest BCUT2D eigenvalue weighted by Gasteiger charge is -2.34. The topological polar surface area (TPSA) is 89.8 Å². The number of carbonyl (C=O) groups excluding carboxylic acids is 2. The summed E-state index contributed by atoms with van der Waals surface area (Å²) in [5, 5.41) is 11.2. The van der Waals surface area contributed by atoms with Crippen LogP contribution in [0.15, 0.2) is 90.1 Å². The van der Waals surface area contributed by atoms with Gasteiger partial charge in [0, 0.05) is 30.2 Å². The van der Waals surface area contributed by atoms with Crippen LogP contribution >= 0.6 is 0 Å². The van der Waals surface area contributed by atoms with Gasteiger partial charge in [-0.1, -0.05) is 72.3 Å². The molecule has 1 amide bonds. The highest BCUT2D eigenvalue weighted by atomic mass is 16.6. The van der Waals surface area contributed by atoms with Crippen molar-refractivity contribution in [2.75, 3.05) is 0 Å². The van der Waals surface area contributed by atoms with E-state index in [0.29, 0.717) is 16.8 Å². The summed E-state index contributed by atoms with van der Waals surface area (Å²) in [5.74, 6) is -1.07. The Labute approximate surface area is 203 Å². The number of carbonyl (C=O) groups is 2. The second-order valence-corrected chi connectivity index (χ2v) is 8.64.